The summed E-state index contributed by atoms with van der Waals surface area (Å²) in [7, 11) is 0. The number of hydrogen-bond donors (Lipinski definition) is 0. The van der Waals surface area contributed by atoms with Gasteiger partial charge in [0.1, 0.15) is 0 Å². The highest BCUT2D eigenvalue weighted by Crippen LogP contribution is 2.46. The molecule has 328 valence electrons. The average molecular weight is 890 g/mol. The predicted octanol–water partition coefficient (Wildman–Crippen LogP) is 16.0. The smallest absolute Gasteiger partial charge is 0.308 e. The van der Waals surface area contributed by atoms with Crippen molar-refractivity contribution in [3.63, 3.8) is 0 Å². The van der Waals surface area contributed by atoms with Crippen LogP contribution < -0.4 is 0 Å². The Morgan fingerprint density at radius 3 is 1.29 bits per heavy atom. The topological polar surface area (TPSA) is 56.5 Å². The number of para-hydroxylation sites is 1. The molecule has 0 spiro atoms. The summed E-state index contributed by atoms with van der Waals surface area (Å²) >= 11 is 0. The minimum absolute atomic E-state index is 0.253. The zero-order chi connectivity index (χ0) is 46.5. The number of rotatable bonds is 8. The van der Waals surface area contributed by atoms with E-state index in [1.54, 1.807) is 12.1 Å². The zero-order valence-corrected chi connectivity index (χ0v) is 37.4. The Bertz CT molecular complexity index is 3390. The third kappa shape index (κ3) is 7.79. The lowest BCUT2D eigenvalue weighted by Crippen LogP contribution is -2.10. The molecule has 0 aliphatic rings. The van der Waals surface area contributed by atoms with E-state index in [-0.39, 0.29) is 11.1 Å². The molecule has 0 aliphatic heterocycles. The Kier molecular flexibility index (Phi) is 10.6. The van der Waals surface area contributed by atoms with Gasteiger partial charge in [0, 0.05) is 44.2 Å². The van der Waals surface area contributed by atoms with Crippen molar-refractivity contribution in [2.75, 3.05) is 0 Å². The molecule has 0 N–H and O–H groups in total. The van der Waals surface area contributed by atoms with Crippen LogP contribution in [0.25, 0.3) is 106 Å². The van der Waals surface area contributed by atoms with E-state index >= 15 is 13.2 Å². The third-order valence-corrected chi connectivity index (χ3v) is 12.5. The van der Waals surface area contributed by atoms with Crippen molar-refractivity contribution in [2.45, 2.75) is 26.9 Å². The second-order valence-electron chi connectivity index (χ2n) is 17.2. The summed E-state index contributed by atoms with van der Waals surface area (Å²) in [4.78, 5) is 20.5. The van der Waals surface area contributed by atoms with E-state index in [0.717, 1.165) is 66.3 Å². The van der Waals surface area contributed by atoms with E-state index in [2.05, 4.69) is 61.7 Å². The number of alkyl halides is 3. The number of fused-ring (bicyclic) bond motifs is 3. The second kappa shape index (κ2) is 17.1. The molecule has 68 heavy (non-hydrogen) atoms. The van der Waals surface area contributed by atoms with Crippen LogP contribution in [-0.2, 0) is 6.18 Å². The maximum atomic E-state index is 15.8. The molecule has 0 aliphatic carbocycles. The van der Waals surface area contributed by atoms with Crippen LogP contribution in [-0.4, -0.2) is 24.5 Å². The molecule has 0 saturated heterocycles. The highest BCUT2D eigenvalue weighted by Gasteiger charge is 2.35. The van der Waals surface area contributed by atoms with Gasteiger partial charge in [0.15, 0.2) is 11.6 Å². The molecule has 0 saturated carbocycles. The van der Waals surface area contributed by atoms with Gasteiger partial charge in [-0.3, -0.25) is 0 Å². The first-order valence-electron chi connectivity index (χ1n) is 22.4. The molecule has 3 aromatic heterocycles. The molecule has 11 aromatic rings. The first kappa shape index (κ1) is 42.2. The zero-order valence-electron chi connectivity index (χ0n) is 37.4. The van der Waals surface area contributed by atoms with Crippen LogP contribution in [0.1, 0.15) is 22.3 Å². The normalized spacial score (nSPS) is 11.7. The number of halogens is 3. The molecular formula is C60H42F3N5. The predicted molar refractivity (Wildman–Crippen MR) is 269 cm³/mol. The largest absolute Gasteiger partial charge is 0.416 e. The minimum Gasteiger partial charge on any atom is -0.308 e. The van der Waals surface area contributed by atoms with Gasteiger partial charge >= 0.3 is 6.18 Å². The lowest BCUT2D eigenvalue weighted by atomic mass is 9.93. The molecule has 3 heterocycles. The van der Waals surface area contributed by atoms with Gasteiger partial charge < -0.3 is 4.57 Å². The summed E-state index contributed by atoms with van der Waals surface area (Å²) in [6, 6.07) is 63.3. The monoisotopic (exact) mass is 889 g/mol. The summed E-state index contributed by atoms with van der Waals surface area (Å²) in [5, 5.41) is 1.89. The van der Waals surface area contributed by atoms with E-state index in [9.17, 15) is 0 Å². The third-order valence-electron chi connectivity index (χ3n) is 12.5. The van der Waals surface area contributed by atoms with E-state index in [4.69, 9.17) is 19.9 Å². The molecule has 8 aromatic carbocycles. The van der Waals surface area contributed by atoms with Gasteiger partial charge in [0.25, 0.3) is 0 Å². The second-order valence-corrected chi connectivity index (χ2v) is 17.2. The van der Waals surface area contributed by atoms with Gasteiger partial charge in [0.05, 0.1) is 45.1 Å². The van der Waals surface area contributed by atoms with Crippen LogP contribution in [0.15, 0.2) is 200 Å². The van der Waals surface area contributed by atoms with E-state index in [1.165, 1.54) is 17.7 Å². The molecule has 5 nitrogen and oxygen atoms in total. The van der Waals surface area contributed by atoms with Gasteiger partial charge in [-0.05, 0) is 79.4 Å². The maximum Gasteiger partial charge on any atom is 0.416 e. The van der Waals surface area contributed by atoms with Crippen molar-refractivity contribution >= 4 is 21.8 Å². The fourth-order valence-corrected chi connectivity index (χ4v) is 9.55. The van der Waals surface area contributed by atoms with Crippen molar-refractivity contribution in [1.29, 1.82) is 0 Å². The van der Waals surface area contributed by atoms with E-state index in [0.29, 0.717) is 40.1 Å². The fourth-order valence-electron chi connectivity index (χ4n) is 9.55. The van der Waals surface area contributed by atoms with Crippen LogP contribution in [0.4, 0.5) is 13.2 Å². The molecule has 8 heteroatoms. The Balaban J connectivity index is 1.32. The molecule has 0 unspecified atom stereocenters. The minimum atomic E-state index is -4.76. The van der Waals surface area contributed by atoms with Crippen molar-refractivity contribution in [3.8, 4) is 84.6 Å². The Morgan fingerprint density at radius 2 is 0.809 bits per heavy atom. The van der Waals surface area contributed by atoms with Crippen LogP contribution in [0.2, 0.25) is 0 Å². The van der Waals surface area contributed by atoms with Gasteiger partial charge in [-0.2, -0.15) is 13.2 Å². The summed E-state index contributed by atoms with van der Waals surface area (Å²) in [6.07, 6.45) is -4.76. The summed E-state index contributed by atoms with van der Waals surface area (Å²) < 4.78 is 49.5. The highest BCUT2D eigenvalue weighted by molar-refractivity contribution is 6.11. The molecule has 0 fully saturated rings. The van der Waals surface area contributed by atoms with Crippen molar-refractivity contribution in [3.05, 3.63) is 222 Å². The number of aryl methyl sites for hydroxylation is 3. The molecule has 0 bridgehead atoms. The molecule has 0 atom stereocenters. The van der Waals surface area contributed by atoms with Gasteiger partial charge in [-0.1, -0.05) is 169 Å². The quantitative estimate of drug-likeness (QED) is 0.152. The van der Waals surface area contributed by atoms with Crippen LogP contribution >= 0.6 is 0 Å². The summed E-state index contributed by atoms with van der Waals surface area (Å²) in [5.41, 5.74) is 12.1. The van der Waals surface area contributed by atoms with Crippen LogP contribution in [0.5, 0.6) is 0 Å². The van der Waals surface area contributed by atoms with Gasteiger partial charge in [-0.25, -0.2) is 19.9 Å². The molecule has 11 rings (SSSR count). The SMILES string of the molecule is Cc1cc(C)c(-c2ccc3c4ccccc4n(-c4c(-c5cc(-c6ccccc6)nc(-c6ccccc6)n5)cc(C(F)(F)F)cc4-c4cc(-c5ccccc5)nc(-c5ccccc5)n4)c3c2)c(C)c1. The average Bonchev–Trinajstić information content (AvgIpc) is 3.69. The van der Waals surface area contributed by atoms with Crippen LogP contribution in [0, 0.1) is 20.8 Å². The maximum absolute atomic E-state index is 15.8. The van der Waals surface area contributed by atoms with E-state index in [1.807, 2.05) is 140 Å². The first-order chi connectivity index (χ1) is 33.1. The van der Waals surface area contributed by atoms with Crippen molar-refractivity contribution in [1.82, 2.24) is 24.5 Å². The van der Waals surface area contributed by atoms with Crippen molar-refractivity contribution < 1.29 is 13.2 Å². The Labute approximate surface area is 392 Å². The molecule has 0 amide bonds. The number of benzene rings is 8. The Morgan fingerprint density at radius 1 is 0.382 bits per heavy atom. The first-order valence-corrected chi connectivity index (χ1v) is 22.4. The van der Waals surface area contributed by atoms with Crippen molar-refractivity contribution in [2.24, 2.45) is 0 Å². The van der Waals surface area contributed by atoms with Gasteiger partial charge in [-0.15, -0.1) is 0 Å². The molecule has 0 radical (unpaired) electrons. The number of aromatic nitrogens is 5. The fraction of sp³-hybridized carbons (Fsp3) is 0.0667. The number of nitrogens with zero attached hydrogens (tertiary/aromatic N) is 5. The lowest BCUT2D eigenvalue weighted by molar-refractivity contribution is -0.137. The summed E-state index contributed by atoms with van der Waals surface area (Å²) in [6.45, 7) is 6.33. The molecular weight excluding hydrogens is 848 g/mol. The van der Waals surface area contributed by atoms with E-state index < -0.39 is 11.7 Å². The lowest BCUT2D eigenvalue weighted by Gasteiger charge is -2.22. The van der Waals surface area contributed by atoms with Crippen LogP contribution in [0.3, 0.4) is 0 Å². The summed E-state index contributed by atoms with van der Waals surface area (Å²) in [5.74, 6) is 0.753. The number of hydrogen-bond acceptors (Lipinski definition) is 4. The Hall–Kier alpha value is -8.49. The van der Waals surface area contributed by atoms with Gasteiger partial charge in [0.2, 0.25) is 0 Å². The highest BCUT2D eigenvalue weighted by atomic mass is 19.4. The standard InChI is InChI=1S/C60H42F3N5/c1-37-30-38(2)56(39(3)31-37)44-28-29-47-46-26-16-17-27-54(46)68(55(47)32-44)57-48(52-35-50(40-18-8-4-9-19-40)64-58(66-52)42-22-12-6-13-23-42)33-45(60(61,62)63)34-49(57)53-36-51(41-20-10-5-11-21-41)65-59(67-53)43-24-14-7-15-25-43/h4-36H,1-3H3.